The molecule has 1 aromatic carbocycles. The summed E-state index contributed by atoms with van der Waals surface area (Å²) in [6, 6.07) is 8.74. The molecule has 146 valence electrons. The predicted octanol–water partition coefficient (Wildman–Crippen LogP) is 4.97. The number of alkyl halides is 1. The van der Waals surface area contributed by atoms with Gasteiger partial charge in [0.05, 0.1) is 18.0 Å². The van der Waals surface area contributed by atoms with Gasteiger partial charge in [0, 0.05) is 27.9 Å². The quantitative estimate of drug-likeness (QED) is 0.383. The third kappa shape index (κ3) is 3.28. The van der Waals surface area contributed by atoms with Gasteiger partial charge >= 0.3 is 0 Å². The van der Waals surface area contributed by atoms with E-state index >= 15 is 0 Å². The fourth-order valence-electron chi connectivity index (χ4n) is 4.48. The summed E-state index contributed by atoms with van der Waals surface area (Å²) in [7, 11) is 0. The van der Waals surface area contributed by atoms with E-state index in [0.717, 1.165) is 53.2 Å². The minimum Gasteiger partial charge on any atom is -0.369 e. The number of aromatic nitrogens is 4. The lowest BCUT2D eigenvalue weighted by atomic mass is 9.80. The van der Waals surface area contributed by atoms with Crippen molar-refractivity contribution in [3.63, 3.8) is 0 Å². The van der Waals surface area contributed by atoms with E-state index in [1.807, 2.05) is 6.92 Å². The molecule has 0 radical (unpaired) electrons. The molecule has 0 bridgehead atoms. The van der Waals surface area contributed by atoms with Crippen molar-refractivity contribution >= 4 is 22.6 Å². The second-order valence-corrected chi connectivity index (χ2v) is 8.57. The fourth-order valence-corrected chi connectivity index (χ4v) is 4.96. The van der Waals surface area contributed by atoms with Crippen molar-refractivity contribution in [2.24, 2.45) is 0 Å². The summed E-state index contributed by atoms with van der Waals surface area (Å²) in [5.41, 5.74) is 4.82. The third-order valence-electron chi connectivity index (χ3n) is 5.94. The number of rotatable bonds is 3. The van der Waals surface area contributed by atoms with Gasteiger partial charge in [-0.1, -0.05) is 39.9 Å². The zero-order chi connectivity index (χ0) is 19.1. The number of benzene rings is 1. The number of hydrogen-bond acceptors (Lipinski definition) is 5. The minimum absolute atomic E-state index is 0.417. The predicted molar refractivity (Wildman–Crippen MR) is 113 cm³/mol. The maximum Gasteiger partial charge on any atom is 0.163 e. The van der Waals surface area contributed by atoms with Crippen LogP contribution in [-0.4, -0.2) is 19.9 Å². The molecule has 3 heterocycles. The molecule has 3 aromatic rings. The number of nitrogens with zero attached hydrogens (tertiary/aromatic N) is 4. The van der Waals surface area contributed by atoms with E-state index in [4.69, 9.17) is 9.26 Å². The Kier molecular flexibility index (Phi) is 4.96. The Morgan fingerprint density at radius 2 is 1.89 bits per heavy atom. The average Bonchev–Trinajstić information content (AvgIpc) is 3.30. The summed E-state index contributed by atoms with van der Waals surface area (Å²) in [6.45, 7) is 3.09. The molecule has 2 aromatic heterocycles. The summed E-state index contributed by atoms with van der Waals surface area (Å²) >= 11 is 2.40. The van der Waals surface area contributed by atoms with Gasteiger partial charge in [0.15, 0.2) is 5.82 Å². The van der Waals surface area contributed by atoms with Crippen molar-refractivity contribution in [2.45, 2.75) is 62.1 Å². The van der Waals surface area contributed by atoms with Crippen LogP contribution in [0.4, 0.5) is 0 Å². The number of hydrogen-bond donors (Lipinski definition) is 0. The SMILES string of the molecule is Cc1cc(C2CCC(c3nnc4n3-c3ccc(CI)cc3COC4)CC2)no1. The molecule has 28 heavy (non-hydrogen) atoms. The summed E-state index contributed by atoms with van der Waals surface area (Å²) in [5.74, 6) is 3.79. The van der Waals surface area contributed by atoms with Crippen molar-refractivity contribution in [1.29, 1.82) is 0 Å². The molecule has 0 saturated heterocycles. The number of ether oxygens (including phenoxy) is 1. The molecular formula is C21H23IN4O2. The summed E-state index contributed by atoms with van der Waals surface area (Å²) in [6.07, 6.45) is 4.40. The van der Waals surface area contributed by atoms with E-state index in [0.29, 0.717) is 25.0 Å². The van der Waals surface area contributed by atoms with E-state index in [9.17, 15) is 0 Å². The molecule has 0 spiro atoms. The fraction of sp³-hybridized carbons (Fsp3) is 0.476. The van der Waals surface area contributed by atoms with Gasteiger partial charge in [0.1, 0.15) is 18.2 Å². The standard InChI is InChI=1S/C21H23IN4O2/c1-13-8-18(25-28-13)15-3-5-16(6-4-15)21-24-23-20-12-27-11-17-9-14(10-22)2-7-19(17)26(20)21/h2,7-9,15-16H,3-6,10-12H2,1H3. The Balaban J connectivity index is 1.43. The maximum absolute atomic E-state index is 5.88. The molecule has 1 aliphatic heterocycles. The van der Waals surface area contributed by atoms with Crippen molar-refractivity contribution < 1.29 is 9.26 Å². The Hall–Kier alpha value is -1.74. The Morgan fingerprint density at radius 3 is 2.64 bits per heavy atom. The summed E-state index contributed by atoms with van der Waals surface area (Å²) < 4.78 is 14.4. The van der Waals surface area contributed by atoms with Crippen LogP contribution in [-0.2, 0) is 22.4 Å². The lowest BCUT2D eigenvalue weighted by Gasteiger charge is -2.27. The van der Waals surface area contributed by atoms with Crippen LogP contribution >= 0.6 is 22.6 Å². The van der Waals surface area contributed by atoms with Crippen LogP contribution in [0.25, 0.3) is 5.69 Å². The Morgan fingerprint density at radius 1 is 1.07 bits per heavy atom. The van der Waals surface area contributed by atoms with Gasteiger partial charge in [-0.3, -0.25) is 4.57 Å². The molecule has 1 aliphatic carbocycles. The highest BCUT2D eigenvalue weighted by Crippen LogP contribution is 2.41. The molecule has 0 amide bonds. The van der Waals surface area contributed by atoms with E-state index in [1.165, 1.54) is 16.8 Å². The molecule has 2 aliphatic rings. The van der Waals surface area contributed by atoms with Crippen molar-refractivity contribution in [2.75, 3.05) is 0 Å². The highest BCUT2D eigenvalue weighted by atomic mass is 127. The molecule has 0 atom stereocenters. The Labute approximate surface area is 177 Å². The van der Waals surface area contributed by atoms with Crippen LogP contribution in [0, 0.1) is 6.92 Å². The highest BCUT2D eigenvalue weighted by molar-refractivity contribution is 14.1. The molecule has 5 rings (SSSR count). The second-order valence-electron chi connectivity index (χ2n) is 7.81. The molecule has 0 unspecified atom stereocenters. The molecule has 6 nitrogen and oxygen atoms in total. The molecular weight excluding hydrogens is 467 g/mol. The van der Waals surface area contributed by atoms with Crippen molar-refractivity contribution in [3.8, 4) is 5.69 Å². The molecule has 1 saturated carbocycles. The maximum atomic E-state index is 5.88. The second kappa shape index (κ2) is 7.59. The number of aryl methyl sites for hydroxylation is 1. The topological polar surface area (TPSA) is 66.0 Å². The first-order valence-corrected chi connectivity index (χ1v) is 11.4. The van der Waals surface area contributed by atoms with Gasteiger partial charge in [-0.25, -0.2) is 0 Å². The van der Waals surface area contributed by atoms with Gasteiger partial charge in [-0.05, 0) is 44.2 Å². The number of fused-ring (bicyclic) bond motifs is 3. The van der Waals surface area contributed by atoms with Gasteiger partial charge in [0.25, 0.3) is 0 Å². The van der Waals surface area contributed by atoms with Crippen LogP contribution in [0.15, 0.2) is 28.8 Å². The zero-order valence-electron chi connectivity index (χ0n) is 15.9. The van der Waals surface area contributed by atoms with E-state index in [2.05, 4.69) is 66.8 Å². The molecule has 7 heteroatoms. The largest absolute Gasteiger partial charge is 0.369 e. The monoisotopic (exact) mass is 490 g/mol. The molecule has 1 fully saturated rings. The summed E-state index contributed by atoms with van der Waals surface area (Å²) in [4.78, 5) is 0. The first-order chi connectivity index (χ1) is 13.7. The average molecular weight is 490 g/mol. The minimum atomic E-state index is 0.417. The zero-order valence-corrected chi connectivity index (χ0v) is 18.1. The lowest BCUT2D eigenvalue weighted by molar-refractivity contribution is 0.105. The molecule has 0 N–H and O–H groups in total. The van der Waals surface area contributed by atoms with E-state index in [-0.39, 0.29) is 0 Å². The van der Waals surface area contributed by atoms with Crippen LogP contribution in [0.1, 0.15) is 71.7 Å². The van der Waals surface area contributed by atoms with Gasteiger partial charge in [-0.15, -0.1) is 10.2 Å². The number of halogens is 1. The van der Waals surface area contributed by atoms with E-state index in [1.54, 1.807) is 0 Å². The van der Waals surface area contributed by atoms with Crippen molar-refractivity contribution in [3.05, 3.63) is 58.5 Å². The van der Waals surface area contributed by atoms with Crippen LogP contribution in [0.5, 0.6) is 0 Å². The Bertz CT molecular complexity index is 988. The summed E-state index contributed by atoms with van der Waals surface area (Å²) in [5, 5.41) is 13.3. The first-order valence-electron chi connectivity index (χ1n) is 9.86. The highest BCUT2D eigenvalue weighted by Gasteiger charge is 2.30. The third-order valence-corrected chi connectivity index (χ3v) is 6.82. The normalized spacial score (nSPS) is 21.8. The van der Waals surface area contributed by atoms with Crippen molar-refractivity contribution in [1.82, 2.24) is 19.9 Å². The van der Waals surface area contributed by atoms with Crippen LogP contribution in [0.2, 0.25) is 0 Å². The smallest absolute Gasteiger partial charge is 0.163 e. The van der Waals surface area contributed by atoms with Crippen LogP contribution < -0.4 is 0 Å². The lowest BCUT2D eigenvalue weighted by Crippen LogP contribution is -2.17. The van der Waals surface area contributed by atoms with Gasteiger partial charge < -0.3 is 9.26 Å². The first kappa shape index (κ1) is 18.3. The van der Waals surface area contributed by atoms with E-state index < -0.39 is 0 Å². The van der Waals surface area contributed by atoms with Gasteiger partial charge in [0.2, 0.25) is 0 Å². The van der Waals surface area contributed by atoms with Crippen LogP contribution in [0.3, 0.4) is 0 Å². The van der Waals surface area contributed by atoms with Gasteiger partial charge in [-0.2, -0.15) is 0 Å².